The predicted octanol–water partition coefficient (Wildman–Crippen LogP) is 4.07. The number of hydrogen-bond acceptors (Lipinski definition) is 4. The summed E-state index contributed by atoms with van der Waals surface area (Å²) in [6.45, 7) is 1.67. The number of anilines is 1. The molecule has 2 aromatic carbocycles. The number of carboxylic acid groups (broad SMARTS) is 1. The number of nitrogens with zero attached hydrogens (tertiary/aromatic N) is 1. The van der Waals surface area contributed by atoms with Gasteiger partial charge in [0, 0.05) is 35.9 Å². The Morgan fingerprint density at radius 2 is 1.82 bits per heavy atom. The molecule has 0 aliphatic carbocycles. The van der Waals surface area contributed by atoms with E-state index in [-0.39, 0.29) is 0 Å². The van der Waals surface area contributed by atoms with Gasteiger partial charge in [0.05, 0.1) is 13.0 Å². The molecule has 0 radical (unpaired) electrons. The van der Waals surface area contributed by atoms with Crippen LogP contribution in [0.5, 0.6) is 11.5 Å². The molecular formula is C21H22N2O5. The van der Waals surface area contributed by atoms with Gasteiger partial charge in [0.2, 0.25) is 0 Å². The van der Waals surface area contributed by atoms with Crippen LogP contribution in [-0.4, -0.2) is 36.3 Å². The summed E-state index contributed by atoms with van der Waals surface area (Å²) in [6, 6.07) is 12.3. The lowest BCUT2D eigenvalue weighted by Crippen LogP contribution is -2.29. The average molecular weight is 382 g/mol. The first-order chi connectivity index (χ1) is 13.4. The Kier molecular flexibility index (Phi) is 5.54. The molecule has 1 amide bonds. The summed E-state index contributed by atoms with van der Waals surface area (Å²) in [5.74, 6) is -0.204. The van der Waals surface area contributed by atoms with Crippen LogP contribution in [-0.2, 0) is 11.2 Å². The molecule has 0 aliphatic heterocycles. The molecule has 0 aliphatic rings. The lowest BCUT2D eigenvalue weighted by atomic mass is 10.0. The minimum atomic E-state index is -0.832. The molecule has 7 heteroatoms. The zero-order valence-corrected chi connectivity index (χ0v) is 15.9. The van der Waals surface area contributed by atoms with Crippen molar-refractivity contribution >= 4 is 28.7 Å². The van der Waals surface area contributed by atoms with Gasteiger partial charge in [-0.2, -0.15) is 0 Å². The molecule has 0 saturated heterocycles. The van der Waals surface area contributed by atoms with Gasteiger partial charge in [0.25, 0.3) is 0 Å². The van der Waals surface area contributed by atoms with E-state index in [1.165, 1.54) is 4.90 Å². The van der Waals surface area contributed by atoms with Crippen molar-refractivity contribution in [2.75, 3.05) is 19.1 Å². The summed E-state index contributed by atoms with van der Waals surface area (Å²) in [4.78, 5) is 28.0. The molecule has 146 valence electrons. The highest BCUT2D eigenvalue weighted by Crippen LogP contribution is 2.26. The molecule has 28 heavy (non-hydrogen) atoms. The second kappa shape index (κ2) is 8.04. The van der Waals surface area contributed by atoms with Crippen molar-refractivity contribution < 1.29 is 24.2 Å². The molecule has 7 nitrogen and oxygen atoms in total. The van der Waals surface area contributed by atoms with Crippen LogP contribution < -0.4 is 14.4 Å². The number of rotatable bonds is 6. The maximum absolute atomic E-state index is 12.4. The van der Waals surface area contributed by atoms with Gasteiger partial charge >= 0.3 is 12.1 Å². The molecule has 0 saturated carbocycles. The van der Waals surface area contributed by atoms with E-state index in [0.717, 1.165) is 16.5 Å². The lowest BCUT2D eigenvalue weighted by Gasteiger charge is -2.17. The number of amides is 1. The summed E-state index contributed by atoms with van der Waals surface area (Å²) in [6.07, 6.45) is 1.70. The number of fused-ring (bicyclic) bond motifs is 1. The van der Waals surface area contributed by atoms with Gasteiger partial charge in [-0.1, -0.05) is 6.92 Å². The SMILES string of the molecule is COc1ccc(N(C)C(=O)Oc2ccc3c(CC(C)C(=O)O)c[nH]c3c2)cc1. The van der Waals surface area contributed by atoms with Crippen LogP contribution in [0, 0.1) is 5.92 Å². The topological polar surface area (TPSA) is 91.9 Å². The molecule has 1 aromatic heterocycles. The largest absolute Gasteiger partial charge is 0.497 e. The molecule has 3 rings (SSSR count). The smallest absolute Gasteiger partial charge is 0.419 e. The average Bonchev–Trinajstić information content (AvgIpc) is 3.09. The Hall–Kier alpha value is -3.48. The third-order valence-corrected chi connectivity index (χ3v) is 4.63. The first-order valence-corrected chi connectivity index (χ1v) is 8.81. The molecule has 0 fully saturated rings. The van der Waals surface area contributed by atoms with Gasteiger partial charge in [0.1, 0.15) is 11.5 Å². The summed E-state index contributed by atoms with van der Waals surface area (Å²) in [5.41, 5.74) is 2.37. The van der Waals surface area contributed by atoms with Gasteiger partial charge < -0.3 is 19.6 Å². The number of H-pyrrole nitrogens is 1. The van der Waals surface area contributed by atoms with E-state index in [4.69, 9.17) is 14.6 Å². The fraction of sp³-hybridized carbons (Fsp3) is 0.238. The van der Waals surface area contributed by atoms with E-state index in [1.807, 2.05) is 6.07 Å². The highest BCUT2D eigenvalue weighted by molar-refractivity contribution is 5.90. The molecule has 0 bridgehead atoms. The number of aliphatic carboxylic acids is 1. The summed E-state index contributed by atoms with van der Waals surface area (Å²) in [7, 11) is 3.21. The summed E-state index contributed by atoms with van der Waals surface area (Å²) in [5, 5.41) is 10.0. The van der Waals surface area contributed by atoms with Crippen LogP contribution in [0.4, 0.5) is 10.5 Å². The van der Waals surface area contributed by atoms with Gasteiger partial charge in [-0.25, -0.2) is 4.79 Å². The van der Waals surface area contributed by atoms with E-state index in [0.29, 0.717) is 23.6 Å². The Morgan fingerprint density at radius 1 is 1.14 bits per heavy atom. The Bertz CT molecular complexity index is 994. The third kappa shape index (κ3) is 4.09. The number of benzene rings is 2. The number of nitrogens with one attached hydrogen (secondary N) is 1. The normalized spacial score (nSPS) is 11.8. The number of aromatic amines is 1. The zero-order valence-electron chi connectivity index (χ0n) is 15.9. The van der Waals surface area contributed by atoms with Crippen LogP contribution in [0.1, 0.15) is 12.5 Å². The Balaban J connectivity index is 1.73. The first-order valence-electron chi connectivity index (χ1n) is 8.81. The number of ether oxygens (including phenoxy) is 2. The molecule has 3 aromatic rings. The Morgan fingerprint density at radius 3 is 2.46 bits per heavy atom. The second-order valence-electron chi connectivity index (χ2n) is 6.59. The summed E-state index contributed by atoms with van der Waals surface area (Å²) >= 11 is 0. The zero-order chi connectivity index (χ0) is 20.3. The Labute approximate surface area is 162 Å². The number of carbonyl (C=O) groups is 2. The van der Waals surface area contributed by atoms with Crippen molar-refractivity contribution in [3.63, 3.8) is 0 Å². The van der Waals surface area contributed by atoms with Crippen molar-refractivity contribution in [3.05, 3.63) is 54.2 Å². The quantitative estimate of drug-likeness (QED) is 0.670. The molecule has 1 unspecified atom stereocenters. The lowest BCUT2D eigenvalue weighted by molar-refractivity contribution is -0.141. The van der Waals surface area contributed by atoms with E-state index < -0.39 is 18.0 Å². The van der Waals surface area contributed by atoms with Gasteiger partial charge in [-0.15, -0.1) is 0 Å². The van der Waals surface area contributed by atoms with Crippen LogP contribution in [0.25, 0.3) is 10.9 Å². The van der Waals surface area contributed by atoms with Crippen molar-refractivity contribution in [1.29, 1.82) is 0 Å². The van der Waals surface area contributed by atoms with Crippen molar-refractivity contribution in [2.45, 2.75) is 13.3 Å². The van der Waals surface area contributed by atoms with Crippen LogP contribution in [0.3, 0.4) is 0 Å². The third-order valence-electron chi connectivity index (χ3n) is 4.63. The van der Waals surface area contributed by atoms with E-state index in [9.17, 15) is 9.59 Å². The van der Waals surface area contributed by atoms with Crippen LogP contribution in [0.2, 0.25) is 0 Å². The maximum atomic E-state index is 12.4. The van der Waals surface area contributed by atoms with Crippen LogP contribution in [0.15, 0.2) is 48.7 Å². The monoisotopic (exact) mass is 382 g/mol. The number of carboxylic acids is 1. The summed E-state index contributed by atoms with van der Waals surface area (Å²) < 4.78 is 10.6. The van der Waals surface area contributed by atoms with Crippen molar-refractivity contribution in [3.8, 4) is 11.5 Å². The highest BCUT2D eigenvalue weighted by atomic mass is 16.6. The fourth-order valence-corrected chi connectivity index (χ4v) is 2.90. The molecule has 2 N–H and O–H groups in total. The minimum absolute atomic E-state index is 0.401. The number of hydrogen-bond donors (Lipinski definition) is 2. The minimum Gasteiger partial charge on any atom is -0.497 e. The van der Waals surface area contributed by atoms with E-state index in [1.54, 1.807) is 63.7 Å². The van der Waals surface area contributed by atoms with Gasteiger partial charge in [-0.05, 0) is 48.4 Å². The van der Waals surface area contributed by atoms with Crippen molar-refractivity contribution in [2.24, 2.45) is 5.92 Å². The van der Waals surface area contributed by atoms with Gasteiger partial charge in [0.15, 0.2) is 0 Å². The highest BCUT2D eigenvalue weighted by Gasteiger charge is 2.16. The van der Waals surface area contributed by atoms with Crippen molar-refractivity contribution in [1.82, 2.24) is 4.98 Å². The van der Waals surface area contributed by atoms with Gasteiger partial charge in [-0.3, -0.25) is 9.69 Å². The number of aromatic nitrogens is 1. The maximum Gasteiger partial charge on any atom is 0.419 e. The second-order valence-corrected chi connectivity index (χ2v) is 6.59. The molecule has 1 atom stereocenters. The number of carbonyl (C=O) groups excluding carboxylic acids is 1. The molecular weight excluding hydrogens is 360 g/mol. The molecule has 1 heterocycles. The predicted molar refractivity (Wildman–Crippen MR) is 106 cm³/mol. The van der Waals surface area contributed by atoms with Crippen LogP contribution >= 0.6 is 0 Å². The standard InChI is InChI=1S/C21H22N2O5/c1-13(20(24)25)10-14-12-22-19-11-17(8-9-18(14)19)28-21(26)23(2)15-4-6-16(27-3)7-5-15/h4-9,11-13,22H,10H2,1-3H3,(H,24,25). The van der Waals surface area contributed by atoms with E-state index in [2.05, 4.69) is 4.98 Å². The fourth-order valence-electron chi connectivity index (χ4n) is 2.90. The van der Waals surface area contributed by atoms with E-state index >= 15 is 0 Å². The number of methoxy groups -OCH3 is 1. The molecule has 0 spiro atoms. The first kappa shape index (κ1) is 19.3.